The zero-order valence-corrected chi connectivity index (χ0v) is 12.8. The molecule has 0 bridgehead atoms. The van der Waals surface area contributed by atoms with Crippen LogP contribution >= 0.6 is 0 Å². The van der Waals surface area contributed by atoms with E-state index in [0.717, 1.165) is 0 Å². The molecule has 2 amide bonds. The summed E-state index contributed by atoms with van der Waals surface area (Å²) in [6.07, 6.45) is 0.0794. The van der Waals surface area contributed by atoms with Crippen LogP contribution in [0.15, 0.2) is 24.3 Å². The predicted octanol–water partition coefficient (Wildman–Crippen LogP) is 1.37. The van der Waals surface area contributed by atoms with Gasteiger partial charge in [0.25, 0.3) is 5.91 Å². The lowest BCUT2D eigenvalue weighted by atomic mass is 10.0. The van der Waals surface area contributed by atoms with Crippen molar-refractivity contribution in [1.82, 2.24) is 10.6 Å². The molecule has 2 atom stereocenters. The van der Waals surface area contributed by atoms with E-state index in [-0.39, 0.29) is 30.1 Å². The molecule has 1 heterocycles. The number of nitrogens with one attached hydrogen (secondary N) is 2. The largest absolute Gasteiger partial charge is 0.363 e. The zero-order chi connectivity index (χ0) is 16.1. The molecule has 0 unspecified atom stereocenters. The Balaban J connectivity index is 1.92. The van der Waals surface area contributed by atoms with Crippen LogP contribution in [0.25, 0.3) is 0 Å². The molecule has 1 saturated heterocycles. The molecule has 1 fully saturated rings. The minimum Gasteiger partial charge on any atom is -0.363 e. The molecule has 0 spiro atoms. The smallest absolute Gasteiger partial charge is 0.252 e. The van der Waals surface area contributed by atoms with Gasteiger partial charge in [-0.1, -0.05) is 32.0 Å². The molecule has 5 nitrogen and oxygen atoms in total. The summed E-state index contributed by atoms with van der Waals surface area (Å²) in [5, 5.41) is 5.37. The van der Waals surface area contributed by atoms with Gasteiger partial charge < -0.3 is 15.4 Å². The average molecular weight is 308 g/mol. The molecular formula is C16H21FN2O3. The van der Waals surface area contributed by atoms with E-state index in [4.69, 9.17) is 4.74 Å². The van der Waals surface area contributed by atoms with E-state index >= 15 is 0 Å². The van der Waals surface area contributed by atoms with Gasteiger partial charge in [-0.05, 0) is 18.4 Å². The molecule has 2 N–H and O–H groups in total. The zero-order valence-electron chi connectivity index (χ0n) is 12.8. The van der Waals surface area contributed by atoms with Crippen LogP contribution in [0.2, 0.25) is 0 Å². The van der Waals surface area contributed by atoms with Crippen LogP contribution < -0.4 is 10.6 Å². The molecule has 120 valence electrons. The second kappa shape index (κ2) is 7.35. The number of hydrogen-bond acceptors (Lipinski definition) is 3. The van der Waals surface area contributed by atoms with E-state index < -0.39 is 12.1 Å². The number of halogens is 1. The summed E-state index contributed by atoms with van der Waals surface area (Å²) in [4.78, 5) is 24.0. The highest BCUT2D eigenvalue weighted by molar-refractivity contribution is 5.90. The molecule has 1 aliphatic rings. The van der Waals surface area contributed by atoms with E-state index in [0.29, 0.717) is 18.6 Å². The van der Waals surface area contributed by atoms with Crippen LogP contribution in [0.4, 0.5) is 4.39 Å². The summed E-state index contributed by atoms with van der Waals surface area (Å²) in [6.45, 7) is 4.43. The summed E-state index contributed by atoms with van der Waals surface area (Å²) in [7, 11) is 0. The van der Waals surface area contributed by atoms with E-state index in [2.05, 4.69) is 10.6 Å². The number of hydrogen-bond donors (Lipinski definition) is 2. The van der Waals surface area contributed by atoms with Crippen molar-refractivity contribution in [3.63, 3.8) is 0 Å². The van der Waals surface area contributed by atoms with Gasteiger partial charge in [-0.25, -0.2) is 4.39 Å². The van der Waals surface area contributed by atoms with Crippen LogP contribution in [-0.4, -0.2) is 30.6 Å². The third-order valence-corrected chi connectivity index (χ3v) is 3.38. The average Bonchev–Trinajstić information content (AvgIpc) is 3.29. The second-order valence-corrected chi connectivity index (χ2v) is 5.82. The summed E-state index contributed by atoms with van der Waals surface area (Å²) in [6, 6.07) is 5.63. The Morgan fingerprint density at radius 3 is 2.64 bits per heavy atom. The van der Waals surface area contributed by atoms with Gasteiger partial charge in [0.1, 0.15) is 11.9 Å². The number of carbonyl (C=O) groups is 2. The van der Waals surface area contributed by atoms with Crippen molar-refractivity contribution in [2.75, 3.05) is 6.61 Å². The van der Waals surface area contributed by atoms with Crippen LogP contribution in [0.1, 0.15) is 25.8 Å². The van der Waals surface area contributed by atoms with Crippen LogP contribution in [-0.2, 0) is 20.9 Å². The Kier molecular flexibility index (Phi) is 5.49. The Labute approximate surface area is 129 Å². The lowest BCUT2D eigenvalue weighted by Crippen LogP contribution is -2.48. The summed E-state index contributed by atoms with van der Waals surface area (Å²) < 4.78 is 18.4. The second-order valence-electron chi connectivity index (χ2n) is 5.82. The minimum absolute atomic E-state index is 0.0932. The quantitative estimate of drug-likeness (QED) is 0.748. The third-order valence-electron chi connectivity index (χ3n) is 3.38. The van der Waals surface area contributed by atoms with E-state index in [9.17, 15) is 14.0 Å². The van der Waals surface area contributed by atoms with Gasteiger partial charge >= 0.3 is 0 Å². The maximum Gasteiger partial charge on any atom is 0.252 e. The van der Waals surface area contributed by atoms with Crippen molar-refractivity contribution in [2.24, 2.45) is 5.92 Å². The fourth-order valence-electron chi connectivity index (χ4n) is 2.11. The third kappa shape index (κ3) is 4.80. The van der Waals surface area contributed by atoms with E-state index in [1.807, 2.05) is 13.8 Å². The molecule has 1 aromatic rings. The van der Waals surface area contributed by atoms with Crippen molar-refractivity contribution in [1.29, 1.82) is 0 Å². The Morgan fingerprint density at radius 1 is 1.36 bits per heavy atom. The van der Waals surface area contributed by atoms with E-state index in [1.165, 1.54) is 6.07 Å². The SMILES string of the molecule is CC(C)C[C@H](NC(=O)[C@@H]1CO1)C(=O)NCc1ccccc1F. The highest BCUT2D eigenvalue weighted by atomic mass is 19.1. The Bertz CT molecular complexity index is 544. The number of benzene rings is 1. The lowest BCUT2D eigenvalue weighted by Gasteiger charge is -2.20. The van der Waals surface area contributed by atoms with Crippen molar-refractivity contribution >= 4 is 11.8 Å². The molecule has 0 aromatic heterocycles. The summed E-state index contributed by atoms with van der Waals surface area (Å²) >= 11 is 0. The van der Waals surface area contributed by atoms with Crippen LogP contribution in [0.5, 0.6) is 0 Å². The predicted molar refractivity (Wildman–Crippen MR) is 79.4 cm³/mol. The molecule has 1 aliphatic heterocycles. The Hall–Kier alpha value is -1.95. The van der Waals surface area contributed by atoms with Gasteiger partial charge in [0.15, 0.2) is 6.10 Å². The first kappa shape index (κ1) is 16.4. The van der Waals surface area contributed by atoms with Gasteiger partial charge in [0, 0.05) is 12.1 Å². The molecule has 1 aromatic carbocycles. The molecule has 6 heteroatoms. The molecule has 0 radical (unpaired) electrons. The first-order valence-corrected chi connectivity index (χ1v) is 7.40. The first-order chi connectivity index (χ1) is 10.5. The highest BCUT2D eigenvalue weighted by Crippen LogP contribution is 2.12. The Morgan fingerprint density at radius 2 is 2.05 bits per heavy atom. The topological polar surface area (TPSA) is 70.7 Å². The lowest BCUT2D eigenvalue weighted by molar-refractivity contribution is -0.130. The molecule has 0 saturated carbocycles. The maximum absolute atomic E-state index is 13.5. The number of rotatable bonds is 7. The van der Waals surface area contributed by atoms with Crippen molar-refractivity contribution in [3.05, 3.63) is 35.6 Å². The van der Waals surface area contributed by atoms with Gasteiger partial charge in [0.05, 0.1) is 6.61 Å². The summed E-state index contributed by atoms with van der Waals surface area (Å²) in [5.74, 6) is -0.707. The van der Waals surface area contributed by atoms with Crippen molar-refractivity contribution in [3.8, 4) is 0 Å². The molecule has 2 rings (SSSR count). The number of carbonyl (C=O) groups excluding carboxylic acids is 2. The van der Waals surface area contributed by atoms with Crippen molar-refractivity contribution in [2.45, 2.75) is 39.0 Å². The van der Waals surface area contributed by atoms with Crippen LogP contribution in [0.3, 0.4) is 0 Å². The fraction of sp³-hybridized carbons (Fsp3) is 0.500. The maximum atomic E-state index is 13.5. The highest BCUT2D eigenvalue weighted by Gasteiger charge is 2.34. The number of epoxide rings is 1. The van der Waals surface area contributed by atoms with Crippen LogP contribution in [0, 0.1) is 11.7 Å². The van der Waals surface area contributed by atoms with E-state index in [1.54, 1.807) is 18.2 Å². The molecular weight excluding hydrogens is 287 g/mol. The molecule has 22 heavy (non-hydrogen) atoms. The van der Waals surface area contributed by atoms with Gasteiger partial charge in [-0.15, -0.1) is 0 Å². The standard InChI is InChI=1S/C16H21FN2O3/c1-10(2)7-13(19-16(21)14-9-22-14)15(20)18-8-11-5-3-4-6-12(11)17/h3-6,10,13-14H,7-9H2,1-2H3,(H,18,20)(H,19,21)/t13-,14-/m0/s1. The molecule has 0 aliphatic carbocycles. The van der Waals surface area contributed by atoms with Crippen molar-refractivity contribution < 1.29 is 18.7 Å². The normalized spacial score (nSPS) is 17.9. The monoisotopic (exact) mass is 308 g/mol. The first-order valence-electron chi connectivity index (χ1n) is 7.40. The number of amides is 2. The minimum atomic E-state index is -0.636. The van der Waals surface area contributed by atoms with Gasteiger partial charge in [-0.3, -0.25) is 9.59 Å². The fourth-order valence-corrected chi connectivity index (χ4v) is 2.11. The number of ether oxygens (including phenoxy) is 1. The van der Waals surface area contributed by atoms with Gasteiger partial charge in [-0.2, -0.15) is 0 Å². The van der Waals surface area contributed by atoms with Gasteiger partial charge in [0.2, 0.25) is 5.91 Å². The summed E-state index contributed by atoms with van der Waals surface area (Å²) in [5.41, 5.74) is 0.413.